The largest absolute Gasteiger partial charge is 0.397 e. The van der Waals surface area contributed by atoms with Gasteiger partial charge in [-0.3, -0.25) is 9.59 Å². The fraction of sp³-hybridized carbons (Fsp3) is 0.571. The zero-order valence-electron chi connectivity index (χ0n) is 12.2. The molecule has 1 fully saturated rings. The van der Waals surface area contributed by atoms with Crippen LogP contribution in [0.4, 0.5) is 10.7 Å². The van der Waals surface area contributed by atoms with Gasteiger partial charge in [0.15, 0.2) is 0 Å². The highest BCUT2D eigenvalue weighted by molar-refractivity contribution is 7.19. The smallest absolute Gasteiger partial charge is 0.263 e. The Kier molecular flexibility index (Phi) is 5.06. The van der Waals surface area contributed by atoms with Crippen molar-refractivity contribution in [2.75, 3.05) is 17.6 Å². The van der Waals surface area contributed by atoms with E-state index in [0.29, 0.717) is 9.88 Å². The second-order valence-corrected chi connectivity index (χ2v) is 6.32. The fourth-order valence-corrected chi connectivity index (χ4v) is 3.09. The number of amides is 2. The summed E-state index contributed by atoms with van der Waals surface area (Å²) in [7, 11) is 0. The van der Waals surface area contributed by atoms with E-state index >= 15 is 0 Å². The molecule has 0 bridgehead atoms. The van der Waals surface area contributed by atoms with Gasteiger partial charge in [0.1, 0.15) is 9.88 Å². The van der Waals surface area contributed by atoms with Crippen molar-refractivity contribution in [3.05, 3.63) is 10.4 Å². The first-order chi connectivity index (χ1) is 10.0. The van der Waals surface area contributed by atoms with Crippen molar-refractivity contribution >= 4 is 33.8 Å². The van der Waals surface area contributed by atoms with Gasteiger partial charge in [0.25, 0.3) is 11.8 Å². The first kappa shape index (κ1) is 15.6. The van der Waals surface area contributed by atoms with E-state index in [2.05, 4.69) is 17.6 Å². The zero-order valence-corrected chi connectivity index (χ0v) is 13.0. The Morgan fingerprint density at radius 2 is 2.05 bits per heavy atom. The van der Waals surface area contributed by atoms with E-state index < -0.39 is 5.91 Å². The first-order valence-corrected chi connectivity index (χ1v) is 8.13. The third-order valence-corrected chi connectivity index (χ3v) is 4.54. The Labute approximate surface area is 128 Å². The number of thiophene rings is 1. The minimum Gasteiger partial charge on any atom is -0.397 e. The van der Waals surface area contributed by atoms with Gasteiger partial charge in [-0.2, -0.15) is 0 Å². The summed E-state index contributed by atoms with van der Waals surface area (Å²) in [6.07, 6.45) is 5.22. The van der Waals surface area contributed by atoms with Crippen LogP contribution in [-0.4, -0.2) is 24.4 Å². The van der Waals surface area contributed by atoms with Crippen molar-refractivity contribution in [3.63, 3.8) is 0 Å². The lowest BCUT2D eigenvalue weighted by molar-refractivity contribution is 0.0955. The van der Waals surface area contributed by atoms with Crippen LogP contribution >= 0.6 is 11.3 Å². The zero-order chi connectivity index (χ0) is 15.4. The number of carbonyl (C=O) groups excluding carboxylic acids is 2. The molecule has 1 aromatic heterocycles. The van der Waals surface area contributed by atoms with E-state index in [0.717, 1.165) is 38.6 Å². The number of nitrogen functional groups attached to an aromatic ring is 1. The van der Waals surface area contributed by atoms with Crippen molar-refractivity contribution in [2.45, 2.75) is 45.1 Å². The summed E-state index contributed by atoms with van der Waals surface area (Å²) in [5.74, 6) is -0.823. The van der Waals surface area contributed by atoms with Crippen LogP contribution in [0.3, 0.4) is 0 Å². The molecule has 1 heterocycles. The molecule has 116 valence electrons. The van der Waals surface area contributed by atoms with Gasteiger partial charge >= 0.3 is 0 Å². The molecule has 2 rings (SSSR count). The van der Waals surface area contributed by atoms with E-state index in [-0.39, 0.29) is 23.2 Å². The molecular weight excluding hydrogens is 288 g/mol. The van der Waals surface area contributed by atoms with Gasteiger partial charge in [0, 0.05) is 12.6 Å². The average molecular weight is 310 g/mol. The fourth-order valence-electron chi connectivity index (χ4n) is 2.04. The molecule has 1 aliphatic carbocycles. The van der Waals surface area contributed by atoms with E-state index in [1.165, 1.54) is 11.3 Å². The third-order valence-electron chi connectivity index (χ3n) is 3.38. The van der Waals surface area contributed by atoms with E-state index in [9.17, 15) is 9.59 Å². The number of nitrogens with one attached hydrogen (secondary N) is 2. The summed E-state index contributed by atoms with van der Waals surface area (Å²) >= 11 is 1.20. The van der Waals surface area contributed by atoms with Crippen LogP contribution in [0.25, 0.3) is 0 Å². The van der Waals surface area contributed by atoms with Gasteiger partial charge in [-0.15, -0.1) is 11.3 Å². The topological polar surface area (TPSA) is 110 Å². The predicted octanol–water partition coefficient (Wildman–Crippen LogP) is 1.92. The Hall–Kier alpha value is -1.76. The SMILES string of the molecule is CCCCCNc1sc(C(=O)NC2CC2)c(N)c1C(N)=O. The number of unbranched alkanes of at least 4 members (excludes halogenated alkanes) is 2. The molecule has 21 heavy (non-hydrogen) atoms. The van der Waals surface area contributed by atoms with Gasteiger partial charge in [-0.05, 0) is 19.3 Å². The normalized spacial score (nSPS) is 14.0. The molecule has 6 nitrogen and oxygen atoms in total. The lowest BCUT2D eigenvalue weighted by atomic mass is 10.2. The maximum absolute atomic E-state index is 12.1. The molecule has 2 amide bonds. The number of hydrogen-bond acceptors (Lipinski definition) is 5. The minimum atomic E-state index is -0.604. The summed E-state index contributed by atoms with van der Waals surface area (Å²) in [6.45, 7) is 2.86. The lowest BCUT2D eigenvalue weighted by Gasteiger charge is -2.05. The van der Waals surface area contributed by atoms with E-state index in [1.807, 2.05) is 0 Å². The summed E-state index contributed by atoms with van der Waals surface area (Å²) in [5.41, 5.74) is 11.7. The number of hydrogen-bond donors (Lipinski definition) is 4. The van der Waals surface area contributed by atoms with Crippen molar-refractivity contribution in [1.82, 2.24) is 5.32 Å². The van der Waals surface area contributed by atoms with E-state index in [1.54, 1.807) is 0 Å². The first-order valence-electron chi connectivity index (χ1n) is 7.31. The average Bonchev–Trinajstić information content (AvgIpc) is 3.16. The minimum absolute atomic E-state index is 0.184. The molecule has 0 saturated heterocycles. The predicted molar refractivity (Wildman–Crippen MR) is 85.8 cm³/mol. The number of rotatable bonds is 8. The Bertz CT molecular complexity index is 537. The van der Waals surface area contributed by atoms with Crippen molar-refractivity contribution in [3.8, 4) is 0 Å². The van der Waals surface area contributed by atoms with Gasteiger partial charge < -0.3 is 22.1 Å². The van der Waals surface area contributed by atoms with Crippen LogP contribution in [-0.2, 0) is 0 Å². The quantitative estimate of drug-likeness (QED) is 0.550. The van der Waals surface area contributed by atoms with Gasteiger partial charge in [0.05, 0.1) is 11.3 Å². The summed E-state index contributed by atoms with van der Waals surface area (Å²) in [5, 5.41) is 6.65. The highest BCUT2D eigenvalue weighted by atomic mass is 32.1. The molecule has 0 aromatic carbocycles. The molecule has 0 atom stereocenters. The van der Waals surface area contributed by atoms with Crippen molar-refractivity contribution < 1.29 is 9.59 Å². The highest BCUT2D eigenvalue weighted by Gasteiger charge is 2.28. The van der Waals surface area contributed by atoms with Crippen LogP contribution in [0.15, 0.2) is 0 Å². The molecule has 0 radical (unpaired) electrons. The number of carbonyl (C=O) groups is 2. The van der Waals surface area contributed by atoms with Crippen LogP contribution in [0.5, 0.6) is 0 Å². The summed E-state index contributed by atoms with van der Waals surface area (Å²) in [6, 6.07) is 0.247. The number of primary amides is 1. The van der Waals surface area contributed by atoms with E-state index in [4.69, 9.17) is 11.5 Å². The maximum Gasteiger partial charge on any atom is 0.263 e. The third kappa shape index (κ3) is 3.87. The molecule has 0 spiro atoms. The monoisotopic (exact) mass is 310 g/mol. The molecule has 7 heteroatoms. The molecule has 0 unspecified atom stereocenters. The molecule has 1 aliphatic rings. The number of anilines is 2. The number of nitrogens with two attached hydrogens (primary N) is 2. The molecule has 1 aromatic rings. The maximum atomic E-state index is 12.1. The molecule has 0 aliphatic heterocycles. The van der Waals surface area contributed by atoms with Crippen molar-refractivity contribution in [1.29, 1.82) is 0 Å². The van der Waals surface area contributed by atoms with Gasteiger partial charge in [-0.25, -0.2) is 0 Å². The van der Waals surface area contributed by atoms with Crippen LogP contribution in [0, 0.1) is 0 Å². The molecule has 1 saturated carbocycles. The second-order valence-electron chi connectivity index (χ2n) is 5.29. The van der Waals surface area contributed by atoms with Gasteiger partial charge in [0.2, 0.25) is 0 Å². The Morgan fingerprint density at radius 1 is 1.33 bits per heavy atom. The van der Waals surface area contributed by atoms with Crippen LogP contribution < -0.4 is 22.1 Å². The van der Waals surface area contributed by atoms with Crippen molar-refractivity contribution in [2.24, 2.45) is 5.73 Å². The molecule has 6 N–H and O–H groups in total. The Balaban J connectivity index is 2.13. The Morgan fingerprint density at radius 3 is 2.62 bits per heavy atom. The van der Waals surface area contributed by atoms with Crippen LogP contribution in [0.2, 0.25) is 0 Å². The molecular formula is C14H22N4O2S. The lowest BCUT2D eigenvalue weighted by Crippen LogP contribution is -2.25. The highest BCUT2D eigenvalue weighted by Crippen LogP contribution is 2.36. The van der Waals surface area contributed by atoms with Gasteiger partial charge in [-0.1, -0.05) is 19.8 Å². The summed E-state index contributed by atoms with van der Waals surface area (Å²) in [4.78, 5) is 24.1. The second kappa shape index (κ2) is 6.80. The standard InChI is InChI=1S/C14H22N4O2S/c1-2-3-4-7-17-14-9(12(16)19)10(15)11(21-14)13(20)18-8-5-6-8/h8,17H,2-7,15H2,1H3,(H2,16,19)(H,18,20). The van der Waals surface area contributed by atoms with Crippen LogP contribution in [0.1, 0.15) is 59.1 Å². The summed E-state index contributed by atoms with van der Waals surface area (Å²) < 4.78 is 0.